The Morgan fingerprint density at radius 3 is 2.59 bits per heavy atom. The zero-order valence-corrected chi connectivity index (χ0v) is 11.2. The Hall–Kier alpha value is -0.120. The fraction of sp³-hybridized carbons (Fsp3) is 1.00. The predicted octanol–water partition coefficient (Wildman–Crippen LogP) is 2.07. The molecule has 2 aliphatic rings. The van der Waals surface area contributed by atoms with E-state index in [1.807, 2.05) is 0 Å². The molecule has 4 atom stereocenters. The summed E-state index contributed by atoms with van der Waals surface area (Å²) in [5.74, 6) is 0.682. The van der Waals surface area contributed by atoms with Gasteiger partial charge in [-0.2, -0.15) is 0 Å². The molecule has 17 heavy (non-hydrogen) atoms. The maximum absolute atomic E-state index is 11.2. The fourth-order valence-electron chi connectivity index (χ4n) is 4.19. The number of hydrogen-bond donors (Lipinski definition) is 2. The number of hydrogen-bond acceptors (Lipinski definition) is 3. The highest BCUT2D eigenvalue weighted by Crippen LogP contribution is 2.53. The minimum absolute atomic E-state index is 0.0231. The molecule has 3 heteroatoms. The molecule has 2 fully saturated rings. The average Bonchev–Trinajstić information content (AvgIpc) is 2.73. The first-order chi connectivity index (χ1) is 8.08. The van der Waals surface area contributed by atoms with Gasteiger partial charge in [-0.05, 0) is 31.6 Å². The van der Waals surface area contributed by atoms with E-state index in [4.69, 9.17) is 10.5 Å². The van der Waals surface area contributed by atoms with Gasteiger partial charge >= 0.3 is 0 Å². The van der Waals surface area contributed by atoms with Gasteiger partial charge in [0.1, 0.15) is 0 Å². The first kappa shape index (κ1) is 13.3. The SMILES string of the molecule is COC1CCCCC1(O)C1(CN)CCC(C)C1. The van der Waals surface area contributed by atoms with Gasteiger partial charge in [-0.25, -0.2) is 0 Å². The molecule has 100 valence electrons. The first-order valence-electron chi connectivity index (χ1n) is 7.03. The Morgan fingerprint density at radius 1 is 1.29 bits per heavy atom. The largest absolute Gasteiger partial charge is 0.387 e. The summed E-state index contributed by atoms with van der Waals surface area (Å²) >= 11 is 0. The molecule has 0 spiro atoms. The van der Waals surface area contributed by atoms with Crippen LogP contribution in [0, 0.1) is 11.3 Å². The first-order valence-corrected chi connectivity index (χ1v) is 7.03. The second-order valence-electron chi connectivity index (χ2n) is 6.23. The number of rotatable bonds is 3. The lowest BCUT2D eigenvalue weighted by molar-refractivity contribution is -0.185. The minimum atomic E-state index is -0.695. The van der Waals surface area contributed by atoms with Crippen LogP contribution in [0.4, 0.5) is 0 Å². The molecule has 0 aromatic carbocycles. The van der Waals surface area contributed by atoms with Crippen LogP contribution in [0.1, 0.15) is 51.9 Å². The summed E-state index contributed by atoms with van der Waals surface area (Å²) in [7, 11) is 1.73. The van der Waals surface area contributed by atoms with Crippen molar-refractivity contribution in [3.05, 3.63) is 0 Å². The summed E-state index contributed by atoms with van der Waals surface area (Å²) in [5, 5.41) is 11.2. The van der Waals surface area contributed by atoms with Crippen molar-refractivity contribution in [3.63, 3.8) is 0 Å². The van der Waals surface area contributed by atoms with E-state index < -0.39 is 5.60 Å². The normalized spacial score (nSPS) is 47.3. The van der Waals surface area contributed by atoms with E-state index in [1.165, 1.54) is 6.42 Å². The van der Waals surface area contributed by atoms with Crippen LogP contribution in [0.2, 0.25) is 0 Å². The van der Waals surface area contributed by atoms with Gasteiger partial charge in [0.2, 0.25) is 0 Å². The monoisotopic (exact) mass is 241 g/mol. The van der Waals surface area contributed by atoms with Crippen molar-refractivity contribution < 1.29 is 9.84 Å². The van der Waals surface area contributed by atoms with E-state index in [2.05, 4.69) is 6.92 Å². The molecule has 0 saturated heterocycles. The van der Waals surface area contributed by atoms with Gasteiger partial charge in [0, 0.05) is 19.1 Å². The molecular formula is C14H27NO2. The van der Waals surface area contributed by atoms with Crippen molar-refractivity contribution in [1.29, 1.82) is 0 Å². The lowest BCUT2D eigenvalue weighted by Gasteiger charge is -2.51. The lowest BCUT2D eigenvalue weighted by Crippen LogP contribution is -2.60. The van der Waals surface area contributed by atoms with E-state index in [0.29, 0.717) is 12.5 Å². The molecule has 0 aromatic rings. The second-order valence-corrected chi connectivity index (χ2v) is 6.23. The van der Waals surface area contributed by atoms with Crippen molar-refractivity contribution in [2.45, 2.75) is 63.6 Å². The maximum Gasteiger partial charge on any atom is 0.0975 e. The summed E-state index contributed by atoms with van der Waals surface area (Å²) < 4.78 is 5.58. The predicted molar refractivity (Wildman–Crippen MR) is 68.7 cm³/mol. The van der Waals surface area contributed by atoms with Crippen LogP contribution in [-0.2, 0) is 4.74 Å². The Labute approximate surface area is 105 Å². The van der Waals surface area contributed by atoms with Crippen LogP contribution in [0.25, 0.3) is 0 Å². The molecule has 4 unspecified atom stereocenters. The number of ether oxygens (including phenoxy) is 1. The molecule has 0 radical (unpaired) electrons. The van der Waals surface area contributed by atoms with Gasteiger partial charge < -0.3 is 15.6 Å². The number of methoxy groups -OCH3 is 1. The highest BCUT2D eigenvalue weighted by Gasteiger charge is 2.57. The molecule has 0 aliphatic heterocycles. The van der Waals surface area contributed by atoms with Crippen LogP contribution in [0.15, 0.2) is 0 Å². The van der Waals surface area contributed by atoms with Gasteiger partial charge in [0.25, 0.3) is 0 Å². The quantitative estimate of drug-likeness (QED) is 0.795. The van der Waals surface area contributed by atoms with E-state index in [0.717, 1.165) is 38.5 Å². The second kappa shape index (κ2) is 4.87. The molecule has 2 aliphatic carbocycles. The molecule has 0 aromatic heterocycles. The minimum Gasteiger partial charge on any atom is -0.387 e. The standard InChI is InChI=1S/C14H27NO2/c1-11-6-8-13(9-11,10-15)14(16)7-4-3-5-12(14)17-2/h11-12,16H,3-10,15H2,1-2H3. The molecule has 0 bridgehead atoms. The summed E-state index contributed by atoms with van der Waals surface area (Å²) in [6.45, 7) is 2.86. The van der Waals surface area contributed by atoms with Crippen molar-refractivity contribution in [1.82, 2.24) is 0 Å². The average molecular weight is 241 g/mol. The Bertz CT molecular complexity index is 271. The Kier molecular flexibility index (Phi) is 3.81. The van der Waals surface area contributed by atoms with E-state index in [9.17, 15) is 5.11 Å². The van der Waals surface area contributed by atoms with Gasteiger partial charge in [0.15, 0.2) is 0 Å². The Morgan fingerprint density at radius 2 is 2.06 bits per heavy atom. The van der Waals surface area contributed by atoms with Gasteiger partial charge in [-0.1, -0.05) is 26.2 Å². The topological polar surface area (TPSA) is 55.5 Å². The van der Waals surface area contributed by atoms with Crippen LogP contribution in [0.3, 0.4) is 0 Å². The lowest BCUT2D eigenvalue weighted by atomic mass is 9.62. The van der Waals surface area contributed by atoms with Gasteiger partial charge in [0.05, 0.1) is 11.7 Å². The van der Waals surface area contributed by atoms with E-state index in [-0.39, 0.29) is 11.5 Å². The molecule has 3 N–H and O–H groups in total. The smallest absolute Gasteiger partial charge is 0.0975 e. The summed E-state index contributed by atoms with van der Waals surface area (Å²) in [5.41, 5.74) is 5.25. The van der Waals surface area contributed by atoms with E-state index >= 15 is 0 Å². The van der Waals surface area contributed by atoms with Crippen LogP contribution < -0.4 is 5.73 Å². The number of nitrogens with two attached hydrogens (primary N) is 1. The molecule has 2 saturated carbocycles. The van der Waals surface area contributed by atoms with Crippen molar-refractivity contribution >= 4 is 0 Å². The summed E-state index contributed by atoms with van der Waals surface area (Å²) in [4.78, 5) is 0. The number of aliphatic hydroxyl groups is 1. The molecule has 3 nitrogen and oxygen atoms in total. The van der Waals surface area contributed by atoms with Crippen molar-refractivity contribution in [3.8, 4) is 0 Å². The molecule has 0 heterocycles. The van der Waals surface area contributed by atoms with Crippen LogP contribution >= 0.6 is 0 Å². The molecule has 0 amide bonds. The zero-order valence-electron chi connectivity index (χ0n) is 11.2. The third-order valence-electron chi connectivity index (χ3n) is 5.26. The highest BCUT2D eigenvalue weighted by atomic mass is 16.5. The third-order valence-corrected chi connectivity index (χ3v) is 5.26. The molecular weight excluding hydrogens is 214 g/mol. The maximum atomic E-state index is 11.2. The zero-order chi connectivity index (χ0) is 12.5. The molecule has 2 rings (SSSR count). The highest BCUT2D eigenvalue weighted by molar-refractivity contribution is 5.08. The van der Waals surface area contributed by atoms with Crippen molar-refractivity contribution in [2.24, 2.45) is 17.1 Å². The fourth-order valence-corrected chi connectivity index (χ4v) is 4.19. The van der Waals surface area contributed by atoms with Crippen LogP contribution in [-0.4, -0.2) is 30.5 Å². The van der Waals surface area contributed by atoms with Crippen molar-refractivity contribution in [2.75, 3.05) is 13.7 Å². The Balaban J connectivity index is 2.27. The van der Waals surface area contributed by atoms with Crippen LogP contribution in [0.5, 0.6) is 0 Å². The van der Waals surface area contributed by atoms with Gasteiger partial charge in [-0.15, -0.1) is 0 Å². The third kappa shape index (κ3) is 2.02. The summed E-state index contributed by atoms with van der Waals surface area (Å²) in [6.07, 6.45) is 7.38. The van der Waals surface area contributed by atoms with E-state index in [1.54, 1.807) is 7.11 Å². The van der Waals surface area contributed by atoms with Gasteiger partial charge in [-0.3, -0.25) is 0 Å². The summed E-state index contributed by atoms with van der Waals surface area (Å²) in [6, 6.07) is 0.